The average molecular weight is 281 g/mol. The largest absolute Gasteiger partial charge is 0.359 e. The van der Waals surface area contributed by atoms with E-state index >= 15 is 0 Å². The number of benzene rings is 1. The Morgan fingerprint density at radius 1 is 1.37 bits per heavy atom. The third kappa shape index (κ3) is 3.95. The van der Waals surface area contributed by atoms with Crippen LogP contribution in [0.15, 0.2) is 24.3 Å². The summed E-state index contributed by atoms with van der Waals surface area (Å²) in [5.74, 6) is 0.766. The van der Waals surface area contributed by atoms with Crippen molar-refractivity contribution in [3.8, 4) is 0 Å². The normalized spacial score (nSPS) is 16.7. The van der Waals surface area contributed by atoms with Gasteiger partial charge in [-0.2, -0.15) is 0 Å². The third-order valence-corrected chi connectivity index (χ3v) is 4.10. The highest BCUT2D eigenvalue weighted by Gasteiger charge is 2.28. The minimum Gasteiger partial charge on any atom is -0.359 e. The maximum absolute atomic E-state index is 11.3. The van der Waals surface area contributed by atoms with E-state index in [1.54, 1.807) is 7.05 Å². The lowest BCUT2D eigenvalue weighted by Crippen LogP contribution is -2.34. The van der Waals surface area contributed by atoms with E-state index < -0.39 is 0 Å². The molecule has 4 heteroatoms. The molecule has 1 aliphatic rings. The molecule has 1 aromatic rings. The van der Waals surface area contributed by atoms with E-state index in [1.165, 1.54) is 24.8 Å². The molecule has 0 bridgehead atoms. The molecule has 0 aromatic heterocycles. The zero-order valence-corrected chi connectivity index (χ0v) is 12.0. The topological polar surface area (TPSA) is 41.1 Å². The van der Waals surface area contributed by atoms with Crippen LogP contribution in [0.3, 0.4) is 0 Å². The number of carbonyl (C=O) groups is 1. The summed E-state index contributed by atoms with van der Waals surface area (Å²) in [4.78, 5) is 11.3. The molecule has 1 saturated carbocycles. The molecule has 0 spiro atoms. The molecule has 0 radical (unpaired) electrons. The van der Waals surface area contributed by atoms with E-state index in [1.807, 2.05) is 12.1 Å². The van der Waals surface area contributed by atoms with Crippen LogP contribution in [0.5, 0.6) is 0 Å². The molecule has 0 heterocycles. The first-order valence-electron chi connectivity index (χ1n) is 6.90. The van der Waals surface area contributed by atoms with Crippen LogP contribution >= 0.6 is 11.6 Å². The minimum atomic E-state index is 0.0796. The van der Waals surface area contributed by atoms with Crippen LogP contribution in [0.2, 0.25) is 5.02 Å². The van der Waals surface area contributed by atoms with Crippen LogP contribution in [0.4, 0.5) is 0 Å². The molecule has 2 rings (SSSR count). The van der Waals surface area contributed by atoms with Gasteiger partial charge in [-0.3, -0.25) is 4.79 Å². The van der Waals surface area contributed by atoms with Gasteiger partial charge in [0.15, 0.2) is 0 Å². The van der Waals surface area contributed by atoms with E-state index in [-0.39, 0.29) is 5.91 Å². The van der Waals surface area contributed by atoms with Gasteiger partial charge in [0, 0.05) is 31.1 Å². The molecular weight excluding hydrogens is 260 g/mol. The monoisotopic (exact) mass is 280 g/mol. The van der Waals surface area contributed by atoms with Crippen LogP contribution in [-0.4, -0.2) is 19.5 Å². The Hall–Kier alpha value is -1.06. The molecular formula is C15H21ClN2O. The van der Waals surface area contributed by atoms with Gasteiger partial charge >= 0.3 is 0 Å². The molecule has 1 unspecified atom stereocenters. The van der Waals surface area contributed by atoms with E-state index in [4.69, 9.17) is 11.6 Å². The molecule has 1 fully saturated rings. The molecule has 19 heavy (non-hydrogen) atoms. The summed E-state index contributed by atoms with van der Waals surface area (Å²) in [6.45, 7) is 0.712. The van der Waals surface area contributed by atoms with Crippen LogP contribution < -0.4 is 10.6 Å². The van der Waals surface area contributed by atoms with Crippen LogP contribution in [-0.2, 0) is 4.79 Å². The number of hydrogen-bond acceptors (Lipinski definition) is 2. The first-order valence-corrected chi connectivity index (χ1v) is 7.28. The molecule has 2 N–H and O–H groups in total. The highest BCUT2D eigenvalue weighted by Crippen LogP contribution is 2.37. The molecule has 3 nitrogen and oxygen atoms in total. The van der Waals surface area contributed by atoms with Gasteiger partial charge in [0.1, 0.15) is 0 Å². The summed E-state index contributed by atoms with van der Waals surface area (Å²) in [5.41, 5.74) is 1.27. The fraction of sp³-hybridized carbons (Fsp3) is 0.533. The number of rotatable bonds is 6. The average Bonchev–Trinajstić information content (AvgIpc) is 2.36. The Morgan fingerprint density at radius 3 is 2.58 bits per heavy atom. The van der Waals surface area contributed by atoms with Gasteiger partial charge in [-0.25, -0.2) is 0 Å². The van der Waals surface area contributed by atoms with Crippen molar-refractivity contribution in [2.45, 2.75) is 31.7 Å². The fourth-order valence-electron chi connectivity index (χ4n) is 2.47. The number of amides is 1. The number of halogens is 1. The number of carbonyl (C=O) groups excluding carboxylic acids is 1. The highest BCUT2D eigenvalue weighted by molar-refractivity contribution is 6.30. The quantitative estimate of drug-likeness (QED) is 0.841. The van der Waals surface area contributed by atoms with E-state index in [9.17, 15) is 4.79 Å². The van der Waals surface area contributed by atoms with Crippen molar-refractivity contribution in [1.82, 2.24) is 10.6 Å². The van der Waals surface area contributed by atoms with Crippen LogP contribution in [0.1, 0.15) is 37.3 Å². The summed E-state index contributed by atoms with van der Waals surface area (Å²) < 4.78 is 0. The van der Waals surface area contributed by atoms with Crippen LogP contribution in [0, 0.1) is 5.92 Å². The van der Waals surface area contributed by atoms with Gasteiger partial charge in [0.2, 0.25) is 5.91 Å². The first-order chi connectivity index (χ1) is 9.20. The smallest absolute Gasteiger partial charge is 0.221 e. The van der Waals surface area contributed by atoms with Crippen molar-refractivity contribution < 1.29 is 4.79 Å². The maximum Gasteiger partial charge on any atom is 0.221 e. The molecule has 1 aromatic carbocycles. The fourth-order valence-corrected chi connectivity index (χ4v) is 2.59. The van der Waals surface area contributed by atoms with Gasteiger partial charge < -0.3 is 10.6 Å². The summed E-state index contributed by atoms with van der Waals surface area (Å²) in [7, 11) is 1.67. The zero-order valence-electron chi connectivity index (χ0n) is 11.3. The van der Waals surface area contributed by atoms with Gasteiger partial charge in [0.25, 0.3) is 0 Å². The molecule has 104 valence electrons. The SMILES string of the molecule is CNC(=O)CCNC(c1ccc(Cl)cc1)C1CCC1. The van der Waals surface area contributed by atoms with E-state index in [0.717, 1.165) is 5.02 Å². The Labute approximate surface area is 119 Å². The predicted octanol–water partition coefficient (Wildman–Crippen LogP) is 2.91. The standard InChI is InChI=1S/C15H21ClN2O/c1-17-14(19)9-10-18-15(11-3-2-4-11)12-5-7-13(16)8-6-12/h5-8,11,15,18H,2-4,9-10H2,1H3,(H,17,19). The molecule has 1 aliphatic carbocycles. The molecule has 0 aliphatic heterocycles. The maximum atomic E-state index is 11.3. The van der Waals surface area contributed by atoms with Gasteiger partial charge in [-0.05, 0) is 36.5 Å². The summed E-state index contributed by atoms with van der Waals surface area (Å²) >= 11 is 5.94. The van der Waals surface area contributed by atoms with Gasteiger partial charge in [0.05, 0.1) is 0 Å². The Bertz CT molecular complexity index is 415. The molecule has 1 amide bonds. The summed E-state index contributed by atoms with van der Waals surface area (Å²) in [6, 6.07) is 8.37. The third-order valence-electron chi connectivity index (χ3n) is 3.85. The van der Waals surface area contributed by atoms with Crippen molar-refractivity contribution in [1.29, 1.82) is 0 Å². The lowest BCUT2D eigenvalue weighted by Gasteiger charge is -2.35. The van der Waals surface area contributed by atoms with E-state index in [2.05, 4.69) is 22.8 Å². The number of hydrogen-bond donors (Lipinski definition) is 2. The Morgan fingerprint density at radius 2 is 2.05 bits per heavy atom. The zero-order chi connectivity index (χ0) is 13.7. The first kappa shape index (κ1) is 14.4. The van der Waals surface area contributed by atoms with Crippen molar-refractivity contribution in [2.75, 3.05) is 13.6 Å². The second-order valence-corrected chi connectivity index (χ2v) is 5.53. The lowest BCUT2D eigenvalue weighted by atomic mass is 9.77. The number of nitrogens with one attached hydrogen (secondary N) is 2. The Kier molecular flexibility index (Phi) is 5.23. The second-order valence-electron chi connectivity index (χ2n) is 5.10. The summed E-state index contributed by atoms with van der Waals surface area (Å²) in [6.07, 6.45) is 4.36. The van der Waals surface area contributed by atoms with Crippen LogP contribution in [0.25, 0.3) is 0 Å². The van der Waals surface area contributed by atoms with Gasteiger partial charge in [-0.1, -0.05) is 30.2 Å². The van der Waals surface area contributed by atoms with Gasteiger partial charge in [-0.15, -0.1) is 0 Å². The Balaban J connectivity index is 1.95. The lowest BCUT2D eigenvalue weighted by molar-refractivity contribution is -0.120. The van der Waals surface area contributed by atoms with Crippen molar-refractivity contribution in [2.24, 2.45) is 5.92 Å². The van der Waals surface area contributed by atoms with E-state index in [0.29, 0.717) is 24.9 Å². The highest BCUT2D eigenvalue weighted by atomic mass is 35.5. The van der Waals surface area contributed by atoms with Crippen molar-refractivity contribution in [3.63, 3.8) is 0 Å². The second kappa shape index (κ2) is 6.92. The molecule has 1 atom stereocenters. The van der Waals surface area contributed by atoms with Crippen molar-refractivity contribution in [3.05, 3.63) is 34.9 Å². The predicted molar refractivity (Wildman–Crippen MR) is 78.2 cm³/mol. The minimum absolute atomic E-state index is 0.0796. The molecule has 0 saturated heterocycles. The van der Waals surface area contributed by atoms with Crippen molar-refractivity contribution >= 4 is 17.5 Å². The summed E-state index contributed by atoms with van der Waals surface area (Å²) in [5, 5.41) is 6.93.